The Kier molecular flexibility index (Phi) is 5.44. The molecule has 1 aromatic rings. The first-order valence-corrected chi connectivity index (χ1v) is 8.48. The molecule has 1 unspecified atom stereocenters. The summed E-state index contributed by atoms with van der Waals surface area (Å²) in [4.78, 5) is 2.50. The van der Waals surface area contributed by atoms with Gasteiger partial charge in [-0.05, 0) is 49.9 Å². The molecule has 2 rings (SSSR count). The van der Waals surface area contributed by atoms with Gasteiger partial charge in [-0.3, -0.25) is 4.90 Å². The lowest BCUT2D eigenvalue weighted by Crippen LogP contribution is -2.61. The predicted molar refractivity (Wildman–Crippen MR) is 89.8 cm³/mol. The first-order valence-electron chi connectivity index (χ1n) is 7.69. The Bertz CT molecular complexity index is 467. The lowest BCUT2D eigenvalue weighted by molar-refractivity contribution is 0.0759. The highest BCUT2D eigenvalue weighted by molar-refractivity contribution is 9.10. The van der Waals surface area contributed by atoms with Gasteiger partial charge in [0, 0.05) is 35.7 Å². The molecule has 2 nitrogen and oxygen atoms in total. The van der Waals surface area contributed by atoms with Crippen molar-refractivity contribution < 1.29 is 4.39 Å². The van der Waals surface area contributed by atoms with Gasteiger partial charge in [-0.25, -0.2) is 4.39 Å². The predicted octanol–water partition coefficient (Wildman–Crippen LogP) is 4.19. The highest BCUT2D eigenvalue weighted by atomic mass is 79.9. The summed E-state index contributed by atoms with van der Waals surface area (Å²) in [5.41, 5.74) is 1.14. The normalized spacial score (nSPS) is 22.7. The maximum atomic E-state index is 13.6. The van der Waals surface area contributed by atoms with Crippen LogP contribution < -0.4 is 5.32 Å². The Balaban J connectivity index is 2.15. The number of piperazine rings is 1. The molecule has 0 spiro atoms. The maximum absolute atomic E-state index is 13.6. The number of nitrogens with zero attached hydrogens (tertiary/aromatic N) is 1. The average Bonchev–Trinajstić information content (AvgIpc) is 2.30. The van der Waals surface area contributed by atoms with E-state index in [1.165, 1.54) is 12.5 Å². The van der Waals surface area contributed by atoms with Crippen molar-refractivity contribution in [3.05, 3.63) is 34.1 Å². The van der Waals surface area contributed by atoms with Crippen molar-refractivity contribution in [1.29, 1.82) is 0 Å². The van der Waals surface area contributed by atoms with Crippen LogP contribution in [0.15, 0.2) is 22.7 Å². The number of benzene rings is 1. The van der Waals surface area contributed by atoms with Crippen molar-refractivity contribution in [2.45, 2.75) is 52.2 Å². The van der Waals surface area contributed by atoms with Gasteiger partial charge >= 0.3 is 0 Å². The molecule has 0 bridgehead atoms. The van der Waals surface area contributed by atoms with Crippen LogP contribution in [0.25, 0.3) is 0 Å². The van der Waals surface area contributed by atoms with Gasteiger partial charge in [0.1, 0.15) is 5.82 Å². The molecule has 1 fully saturated rings. The van der Waals surface area contributed by atoms with Gasteiger partial charge in [0.25, 0.3) is 0 Å². The molecule has 4 heteroatoms. The van der Waals surface area contributed by atoms with E-state index in [9.17, 15) is 4.39 Å². The highest BCUT2D eigenvalue weighted by Gasteiger charge is 2.32. The molecule has 0 radical (unpaired) electrons. The van der Waals surface area contributed by atoms with Crippen molar-refractivity contribution in [3.63, 3.8) is 0 Å². The van der Waals surface area contributed by atoms with Crippen LogP contribution in [0.5, 0.6) is 0 Å². The topological polar surface area (TPSA) is 15.3 Å². The van der Waals surface area contributed by atoms with Gasteiger partial charge in [0.05, 0.1) is 0 Å². The summed E-state index contributed by atoms with van der Waals surface area (Å²) in [6.07, 6.45) is 1.17. The summed E-state index contributed by atoms with van der Waals surface area (Å²) in [7, 11) is 0. The van der Waals surface area contributed by atoms with Gasteiger partial charge in [-0.15, -0.1) is 0 Å². The van der Waals surface area contributed by atoms with E-state index in [0.717, 1.165) is 29.7 Å². The summed E-state index contributed by atoms with van der Waals surface area (Å²) >= 11 is 3.38. The van der Waals surface area contributed by atoms with E-state index in [1.54, 1.807) is 6.07 Å². The fourth-order valence-electron chi connectivity index (χ4n) is 3.11. The zero-order valence-corrected chi connectivity index (χ0v) is 15.0. The van der Waals surface area contributed by atoms with E-state index in [4.69, 9.17) is 0 Å². The molecule has 118 valence electrons. The summed E-state index contributed by atoms with van der Waals surface area (Å²) in [5.74, 6) is 0.494. The first kappa shape index (κ1) is 16.9. The standard InChI is InChI=1S/C17H26BrFN2/c1-12(2)5-16-9-20-17(3,4)11-21(16)10-13-6-14(18)8-15(19)7-13/h6-8,12,16,20H,5,9-11H2,1-4H3. The van der Waals surface area contributed by atoms with Crippen LogP contribution in [-0.2, 0) is 6.54 Å². The molecule has 1 aliphatic heterocycles. The first-order chi connectivity index (χ1) is 9.75. The Labute approximate surface area is 136 Å². The molecule has 1 heterocycles. The van der Waals surface area contributed by atoms with E-state index in [1.807, 2.05) is 6.07 Å². The fourth-order valence-corrected chi connectivity index (χ4v) is 3.63. The van der Waals surface area contributed by atoms with Crippen molar-refractivity contribution in [3.8, 4) is 0 Å². The van der Waals surface area contributed by atoms with E-state index < -0.39 is 0 Å². The molecule has 21 heavy (non-hydrogen) atoms. The lowest BCUT2D eigenvalue weighted by atomic mass is 9.93. The minimum Gasteiger partial charge on any atom is -0.309 e. The van der Waals surface area contributed by atoms with Crippen molar-refractivity contribution in [2.24, 2.45) is 5.92 Å². The largest absolute Gasteiger partial charge is 0.309 e. The summed E-state index contributed by atoms with van der Waals surface area (Å²) in [6, 6.07) is 5.69. The molecule has 1 aromatic carbocycles. The molecule has 1 N–H and O–H groups in total. The molecule has 1 aliphatic rings. The monoisotopic (exact) mass is 356 g/mol. The average molecular weight is 357 g/mol. The number of hydrogen-bond donors (Lipinski definition) is 1. The van der Waals surface area contributed by atoms with E-state index in [-0.39, 0.29) is 11.4 Å². The molecule has 1 saturated heterocycles. The Morgan fingerprint density at radius 1 is 1.38 bits per heavy atom. The Hall–Kier alpha value is -0.450. The zero-order chi connectivity index (χ0) is 15.6. The van der Waals surface area contributed by atoms with Crippen LogP contribution >= 0.6 is 15.9 Å². The molecule has 0 amide bonds. The van der Waals surface area contributed by atoms with Crippen LogP contribution in [-0.4, -0.2) is 29.6 Å². The van der Waals surface area contributed by atoms with Crippen LogP contribution in [0.4, 0.5) is 4.39 Å². The maximum Gasteiger partial charge on any atom is 0.124 e. The van der Waals surface area contributed by atoms with Crippen LogP contribution in [0.2, 0.25) is 0 Å². The number of rotatable bonds is 4. The third-order valence-corrected chi connectivity index (χ3v) is 4.44. The number of halogens is 2. The molecular weight excluding hydrogens is 331 g/mol. The van der Waals surface area contributed by atoms with E-state index >= 15 is 0 Å². The van der Waals surface area contributed by atoms with Crippen molar-refractivity contribution in [2.75, 3.05) is 13.1 Å². The molecular formula is C17H26BrFN2. The van der Waals surface area contributed by atoms with E-state index in [2.05, 4.69) is 53.8 Å². The van der Waals surface area contributed by atoms with Crippen molar-refractivity contribution >= 4 is 15.9 Å². The van der Waals surface area contributed by atoms with E-state index in [0.29, 0.717) is 12.0 Å². The second-order valence-corrected chi connectivity index (χ2v) is 8.15. The fraction of sp³-hybridized carbons (Fsp3) is 0.647. The summed E-state index contributed by atoms with van der Waals surface area (Å²) in [5, 5.41) is 3.63. The van der Waals surface area contributed by atoms with Gasteiger partial charge in [-0.2, -0.15) is 0 Å². The third kappa shape index (κ3) is 5.04. The zero-order valence-electron chi connectivity index (χ0n) is 13.4. The van der Waals surface area contributed by atoms with Crippen LogP contribution in [0.3, 0.4) is 0 Å². The molecule has 0 aliphatic carbocycles. The Morgan fingerprint density at radius 2 is 2.10 bits per heavy atom. The van der Waals surface area contributed by atoms with Gasteiger partial charge in [-0.1, -0.05) is 29.8 Å². The number of hydrogen-bond acceptors (Lipinski definition) is 2. The second kappa shape index (κ2) is 6.76. The van der Waals surface area contributed by atoms with Crippen LogP contribution in [0, 0.1) is 11.7 Å². The highest BCUT2D eigenvalue weighted by Crippen LogP contribution is 2.24. The minimum absolute atomic E-state index is 0.109. The molecule has 0 saturated carbocycles. The summed E-state index contributed by atoms with van der Waals surface area (Å²) in [6.45, 7) is 11.8. The minimum atomic E-state index is -0.172. The van der Waals surface area contributed by atoms with Gasteiger partial charge in [0.15, 0.2) is 0 Å². The summed E-state index contributed by atoms with van der Waals surface area (Å²) < 4.78 is 14.4. The molecule has 1 atom stereocenters. The number of nitrogens with one attached hydrogen (secondary N) is 1. The smallest absolute Gasteiger partial charge is 0.124 e. The quantitative estimate of drug-likeness (QED) is 0.869. The van der Waals surface area contributed by atoms with Gasteiger partial charge < -0.3 is 5.32 Å². The van der Waals surface area contributed by atoms with Crippen molar-refractivity contribution in [1.82, 2.24) is 10.2 Å². The van der Waals surface area contributed by atoms with Crippen LogP contribution in [0.1, 0.15) is 39.7 Å². The molecule has 0 aromatic heterocycles. The second-order valence-electron chi connectivity index (χ2n) is 7.23. The lowest BCUT2D eigenvalue weighted by Gasteiger charge is -2.45. The SMILES string of the molecule is CC(C)CC1CNC(C)(C)CN1Cc1cc(F)cc(Br)c1. The Morgan fingerprint density at radius 3 is 2.71 bits per heavy atom. The van der Waals surface area contributed by atoms with Gasteiger partial charge in [0.2, 0.25) is 0 Å². The third-order valence-electron chi connectivity index (χ3n) is 3.98.